The van der Waals surface area contributed by atoms with Crippen LogP contribution in [0.25, 0.3) is 5.69 Å². The maximum absolute atomic E-state index is 12.6. The molecule has 0 atom stereocenters. The van der Waals surface area contributed by atoms with Crippen LogP contribution in [0.5, 0.6) is 0 Å². The van der Waals surface area contributed by atoms with Crippen LogP contribution in [-0.2, 0) is 16.1 Å². The molecule has 1 aromatic heterocycles. The first-order valence-corrected chi connectivity index (χ1v) is 11.5. The number of carbonyl (C=O) groups excluding carboxylic acids is 1. The van der Waals surface area contributed by atoms with Crippen LogP contribution < -0.4 is 5.32 Å². The van der Waals surface area contributed by atoms with Gasteiger partial charge in [-0.15, -0.1) is 10.2 Å². The lowest BCUT2D eigenvalue weighted by atomic mass is 10.3. The fourth-order valence-electron chi connectivity index (χ4n) is 3.33. The van der Waals surface area contributed by atoms with Crippen LogP contribution in [0.15, 0.2) is 53.7 Å². The van der Waals surface area contributed by atoms with Gasteiger partial charge in [-0.25, -0.2) is 0 Å². The molecule has 0 unspecified atom stereocenters. The van der Waals surface area contributed by atoms with Crippen molar-refractivity contribution in [3.63, 3.8) is 0 Å². The Morgan fingerprint density at radius 1 is 1.18 bits per heavy atom. The van der Waals surface area contributed by atoms with Gasteiger partial charge in [0.15, 0.2) is 11.0 Å². The number of non-ortho nitro benzene ring substituents is 1. The molecule has 172 valence electrons. The Labute approximate surface area is 199 Å². The van der Waals surface area contributed by atoms with Gasteiger partial charge in [-0.2, -0.15) is 0 Å². The summed E-state index contributed by atoms with van der Waals surface area (Å²) in [5.41, 5.74) is 0.934. The Morgan fingerprint density at radius 3 is 2.67 bits per heavy atom. The van der Waals surface area contributed by atoms with Gasteiger partial charge in [0.05, 0.1) is 41.1 Å². The van der Waals surface area contributed by atoms with E-state index in [9.17, 15) is 14.9 Å². The summed E-state index contributed by atoms with van der Waals surface area (Å²) in [5, 5.41) is 23.1. The van der Waals surface area contributed by atoms with Crippen molar-refractivity contribution in [3.05, 3.63) is 69.5 Å². The second-order valence-corrected chi connectivity index (χ2v) is 8.57. The number of morpholine rings is 1. The number of hydrogen-bond acceptors (Lipinski definition) is 8. The van der Waals surface area contributed by atoms with Gasteiger partial charge in [-0.05, 0) is 18.2 Å². The summed E-state index contributed by atoms with van der Waals surface area (Å²) >= 11 is 7.30. The molecule has 0 bridgehead atoms. The molecule has 0 aliphatic carbocycles. The number of halogens is 1. The van der Waals surface area contributed by atoms with Gasteiger partial charge in [0, 0.05) is 30.9 Å². The van der Waals surface area contributed by atoms with E-state index in [1.165, 1.54) is 30.0 Å². The third kappa shape index (κ3) is 5.88. The van der Waals surface area contributed by atoms with Gasteiger partial charge >= 0.3 is 0 Å². The summed E-state index contributed by atoms with van der Waals surface area (Å²) in [5.74, 6) is 0.439. The number of anilines is 1. The van der Waals surface area contributed by atoms with E-state index in [2.05, 4.69) is 20.4 Å². The molecule has 2 aromatic carbocycles. The number of ether oxygens (including phenoxy) is 1. The van der Waals surface area contributed by atoms with Crippen LogP contribution in [0.1, 0.15) is 5.82 Å². The number of rotatable bonds is 8. The zero-order valence-electron chi connectivity index (χ0n) is 17.5. The molecule has 1 N–H and O–H groups in total. The van der Waals surface area contributed by atoms with Gasteiger partial charge in [-0.1, -0.05) is 41.6 Å². The molecule has 3 aromatic rings. The molecule has 0 spiro atoms. The van der Waals surface area contributed by atoms with Crippen molar-refractivity contribution < 1.29 is 14.5 Å². The van der Waals surface area contributed by atoms with Gasteiger partial charge in [0.1, 0.15) is 0 Å². The first kappa shape index (κ1) is 23.2. The average Bonchev–Trinajstić information content (AvgIpc) is 3.22. The topological polar surface area (TPSA) is 115 Å². The number of nitro benzene ring substituents is 1. The monoisotopic (exact) mass is 488 g/mol. The molecule has 10 nitrogen and oxygen atoms in total. The van der Waals surface area contributed by atoms with Crippen molar-refractivity contribution in [3.8, 4) is 5.69 Å². The summed E-state index contributed by atoms with van der Waals surface area (Å²) < 4.78 is 7.36. The first-order valence-electron chi connectivity index (χ1n) is 10.2. The van der Waals surface area contributed by atoms with E-state index in [0.717, 1.165) is 24.6 Å². The van der Waals surface area contributed by atoms with Crippen LogP contribution >= 0.6 is 23.4 Å². The van der Waals surface area contributed by atoms with Crippen LogP contribution in [-0.4, -0.2) is 62.6 Å². The zero-order valence-corrected chi connectivity index (χ0v) is 19.1. The largest absolute Gasteiger partial charge is 0.379 e. The predicted molar refractivity (Wildman–Crippen MR) is 125 cm³/mol. The maximum atomic E-state index is 12.6. The smallest absolute Gasteiger partial charge is 0.271 e. The summed E-state index contributed by atoms with van der Waals surface area (Å²) in [6.07, 6.45) is 0. The van der Waals surface area contributed by atoms with Gasteiger partial charge < -0.3 is 10.1 Å². The standard InChI is InChI=1S/C21H21ClN6O4S/c22-17-7-6-16(28(30)31)12-18(17)23-20(29)14-33-21-25-24-19(13-26-8-10-32-11-9-26)27(21)15-4-2-1-3-5-15/h1-7,12H,8-11,13-14H2,(H,23,29). The third-order valence-corrected chi connectivity index (χ3v) is 6.21. The van der Waals surface area contributed by atoms with Crippen LogP contribution in [0.3, 0.4) is 0 Å². The molecule has 1 amide bonds. The SMILES string of the molecule is O=C(CSc1nnc(CN2CCOCC2)n1-c1ccccc1)Nc1cc([N+](=O)[O-])ccc1Cl. The fraction of sp³-hybridized carbons (Fsp3) is 0.286. The second kappa shape index (κ2) is 10.8. The Hall–Kier alpha value is -2.99. The molecule has 0 saturated carbocycles. The number of aromatic nitrogens is 3. The van der Waals surface area contributed by atoms with Crippen molar-refractivity contribution in [2.45, 2.75) is 11.7 Å². The number of nitrogens with zero attached hydrogens (tertiary/aromatic N) is 5. The minimum absolute atomic E-state index is 0.0293. The van der Waals surface area contributed by atoms with E-state index in [1.54, 1.807) is 0 Å². The van der Waals surface area contributed by atoms with Crippen molar-refractivity contribution >= 4 is 40.6 Å². The number of nitrogens with one attached hydrogen (secondary N) is 1. The molecule has 4 rings (SSSR count). The number of amides is 1. The van der Waals surface area contributed by atoms with Crippen molar-refractivity contribution in [1.82, 2.24) is 19.7 Å². The normalized spacial score (nSPS) is 14.2. The molecule has 1 fully saturated rings. The van der Waals surface area contributed by atoms with E-state index in [1.807, 2.05) is 34.9 Å². The predicted octanol–water partition coefficient (Wildman–Crippen LogP) is 3.39. The van der Waals surface area contributed by atoms with Crippen molar-refractivity contribution in [2.75, 3.05) is 37.4 Å². The molecule has 2 heterocycles. The minimum atomic E-state index is -0.543. The van der Waals surface area contributed by atoms with Crippen molar-refractivity contribution in [2.24, 2.45) is 0 Å². The molecule has 12 heteroatoms. The van der Waals surface area contributed by atoms with Crippen LogP contribution in [0.4, 0.5) is 11.4 Å². The van der Waals surface area contributed by atoms with Crippen LogP contribution in [0, 0.1) is 10.1 Å². The highest BCUT2D eigenvalue weighted by molar-refractivity contribution is 7.99. The summed E-state index contributed by atoms with van der Waals surface area (Å²) in [7, 11) is 0. The Morgan fingerprint density at radius 2 is 1.94 bits per heavy atom. The highest BCUT2D eigenvalue weighted by atomic mass is 35.5. The fourth-order valence-corrected chi connectivity index (χ4v) is 4.27. The third-order valence-electron chi connectivity index (χ3n) is 4.95. The van der Waals surface area contributed by atoms with Crippen molar-refractivity contribution in [1.29, 1.82) is 0 Å². The van der Waals surface area contributed by atoms with E-state index >= 15 is 0 Å². The van der Waals surface area contributed by atoms with Crippen LogP contribution in [0.2, 0.25) is 5.02 Å². The Bertz CT molecular complexity index is 1140. The molecular formula is C21H21ClN6O4S. The highest BCUT2D eigenvalue weighted by Crippen LogP contribution is 2.28. The lowest BCUT2D eigenvalue weighted by Crippen LogP contribution is -2.36. The Kier molecular flexibility index (Phi) is 7.55. The molecule has 1 saturated heterocycles. The summed E-state index contributed by atoms with van der Waals surface area (Å²) in [4.78, 5) is 25.3. The number of para-hydroxylation sites is 1. The number of thioether (sulfide) groups is 1. The first-order chi connectivity index (χ1) is 16.0. The zero-order chi connectivity index (χ0) is 23.2. The molecule has 1 aliphatic rings. The minimum Gasteiger partial charge on any atom is -0.379 e. The lowest BCUT2D eigenvalue weighted by molar-refractivity contribution is -0.384. The second-order valence-electron chi connectivity index (χ2n) is 7.22. The van der Waals surface area contributed by atoms with E-state index < -0.39 is 4.92 Å². The van der Waals surface area contributed by atoms with Gasteiger partial charge in [-0.3, -0.25) is 24.4 Å². The van der Waals surface area contributed by atoms with Gasteiger partial charge in [0.2, 0.25) is 5.91 Å². The quantitative estimate of drug-likeness (QED) is 0.291. The number of nitro groups is 1. The van der Waals surface area contributed by atoms with E-state index in [4.69, 9.17) is 16.3 Å². The maximum Gasteiger partial charge on any atom is 0.271 e. The molecule has 33 heavy (non-hydrogen) atoms. The number of benzene rings is 2. The average molecular weight is 489 g/mol. The van der Waals surface area contributed by atoms with E-state index in [0.29, 0.717) is 24.9 Å². The summed E-state index contributed by atoms with van der Waals surface area (Å²) in [6, 6.07) is 13.6. The number of carbonyl (C=O) groups is 1. The molecule has 0 radical (unpaired) electrons. The molecule has 1 aliphatic heterocycles. The molecular weight excluding hydrogens is 468 g/mol. The highest BCUT2D eigenvalue weighted by Gasteiger charge is 2.20. The van der Waals surface area contributed by atoms with E-state index in [-0.39, 0.29) is 28.1 Å². The van der Waals surface area contributed by atoms with Gasteiger partial charge in [0.25, 0.3) is 5.69 Å². The number of hydrogen-bond donors (Lipinski definition) is 1. The Balaban J connectivity index is 1.49. The summed E-state index contributed by atoms with van der Waals surface area (Å²) in [6.45, 7) is 3.61. The lowest BCUT2D eigenvalue weighted by Gasteiger charge is -2.26.